The molecule has 0 aliphatic heterocycles. The molecule has 0 fully saturated rings. The summed E-state index contributed by atoms with van der Waals surface area (Å²) in [4.78, 5) is 23.6. The molecule has 0 aliphatic rings. The number of rotatable bonds is 9. The van der Waals surface area contributed by atoms with E-state index in [-0.39, 0.29) is 24.5 Å². The van der Waals surface area contributed by atoms with Crippen LogP contribution in [0.5, 0.6) is 5.75 Å². The first-order valence-corrected chi connectivity index (χ1v) is 9.11. The van der Waals surface area contributed by atoms with Crippen molar-refractivity contribution in [3.63, 3.8) is 0 Å². The van der Waals surface area contributed by atoms with Crippen molar-refractivity contribution in [1.82, 2.24) is 0 Å². The fourth-order valence-corrected chi connectivity index (χ4v) is 2.25. The molecule has 0 atom stereocenters. The van der Waals surface area contributed by atoms with Gasteiger partial charge in [0.05, 0.1) is 5.56 Å². The number of esters is 2. The van der Waals surface area contributed by atoms with Crippen LogP contribution < -0.4 is 4.74 Å². The lowest BCUT2D eigenvalue weighted by molar-refractivity contribution is -0.130. The van der Waals surface area contributed by atoms with Gasteiger partial charge in [-0.25, -0.2) is 14.0 Å². The van der Waals surface area contributed by atoms with Gasteiger partial charge in [0, 0.05) is 5.57 Å². The molecule has 5 nitrogen and oxygen atoms in total. The van der Waals surface area contributed by atoms with Gasteiger partial charge < -0.3 is 14.2 Å². The minimum absolute atomic E-state index is 0.0719. The lowest BCUT2D eigenvalue weighted by Gasteiger charge is -2.10. The van der Waals surface area contributed by atoms with Gasteiger partial charge in [0.25, 0.3) is 0 Å². The molecule has 0 heterocycles. The summed E-state index contributed by atoms with van der Waals surface area (Å²) in [7, 11) is 0. The number of allylic oxidation sites excluding steroid dienone is 1. The van der Waals surface area contributed by atoms with E-state index < -0.39 is 17.8 Å². The second-order valence-electron chi connectivity index (χ2n) is 6.58. The third kappa shape index (κ3) is 6.17. The number of carbonyl (C=O) groups is 2. The van der Waals surface area contributed by atoms with Gasteiger partial charge in [-0.1, -0.05) is 37.9 Å². The van der Waals surface area contributed by atoms with Crippen LogP contribution in [0.1, 0.15) is 24.2 Å². The topological polar surface area (TPSA) is 61.8 Å². The zero-order chi connectivity index (χ0) is 22.3. The Morgan fingerprint density at radius 3 is 2.03 bits per heavy atom. The van der Waals surface area contributed by atoms with Gasteiger partial charge in [-0.2, -0.15) is 0 Å². The summed E-state index contributed by atoms with van der Waals surface area (Å²) in [5, 5.41) is 0. The third-order valence-electron chi connectivity index (χ3n) is 4.01. The highest BCUT2D eigenvalue weighted by molar-refractivity contribution is 5.90. The fraction of sp³-hybridized carbons (Fsp3) is 0.167. The van der Waals surface area contributed by atoms with Crippen LogP contribution in [0.3, 0.4) is 0 Å². The Morgan fingerprint density at radius 2 is 1.47 bits per heavy atom. The minimum atomic E-state index is -0.696. The van der Waals surface area contributed by atoms with Crippen LogP contribution >= 0.6 is 0 Å². The maximum Gasteiger partial charge on any atom is 0.338 e. The highest BCUT2D eigenvalue weighted by Crippen LogP contribution is 2.26. The molecule has 0 radical (unpaired) electrons. The monoisotopic (exact) mass is 410 g/mol. The maximum absolute atomic E-state index is 14.2. The number of ether oxygens (including phenoxy) is 3. The summed E-state index contributed by atoms with van der Waals surface area (Å²) in [6.45, 7) is 14.3. The predicted octanol–water partition coefficient (Wildman–Crippen LogP) is 5.24. The summed E-state index contributed by atoms with van der Waals surface area (Å²) in [5.74, 6) is -1.60. The summed E-state index contributed by atoms with van der Waals surface area (Å²) in [6.07, 6.45) is 0. The van der Waals surface area contributed by atoms with E-state index in [1.165, 1.54) is 19.1 Å². The van der Waals surface area contributed by atoms with E-state index in [0.717, 1.165) is 0 Å². The van der Waals surface area contributed by atoms with Crippen molar-refractivity contribution in [2.24, 2.45) is 0 Å². The Hall–Kier alpha value is -3.67. The fourth-order valence-electron chi connectivity index (χ4n) is 2.25. The van der Waals surface area contributed by atoms with E-state index in [9.17, 15) is 14.0 Å². The van der Waals surface area contributed by atoms with E-state index >= 15 is 0 Å². The van der Waals surface area contributed by atoms with Gasteiger partial charge in [-0.15, -0.1) is 0 Å². The van der Waals surface area contributed by atoms with E-state index in [1.807, 2.05) is 0 Å². The second kappa shape index (κ2) is 10.2. The van der Waals surface area contributed by atoms with Gasteiger partial charge in [0.2, 0.25) is 0 Å². The largest absolute Gasteiger partial charge is 0.490 e. The Balaban J connectivity index is 1.98. The Morgan fingerprint density at radius 1 is 0.867 bits per heavy atom. The van der Waals surface area contributed by atoms with Gasteiger partial charge in [0.1, 0.15) is 19.0 Å². The molecule has 0 unspecified atom stereocenters. The summed E-state index contributed by atoms with van der Waals surface area (Å²) < 4.78 is 29.6. The zero-order valence-corrected chi connectivity index (χ0v) is 17.0. The number of benzene rings is 2. The minimum Gasteiger partial charge on any atom is -0.490 e. The first-order chi connectivity index (χ1) is 14.2. The normalized spacial score (nSPS) is 10.1. The van der Waals surface area contributed by atoms with Crippen LogP contribution in [0, 0.1) is 5.82 Å². The van der Waals surface area contributed by atoms with Crippen LogP contribution in [0.25, 0.3) is 11.1 Å². The Labute approximate surface area is 175 Å². The molecular weight excluding hydrogens is 387 g/mol. The van der Waals surface area contributed by atoms with E-state index in [4.69, 9.17) is 14.2 Å². The van der Waals surface area contributed by atoms with Gasteiger partial charge >= 0.3 is 11.9 Å². The second-order valence-corrected chi connectivity index (χ2v) is 6.58. The molecule has 0 bridgehead atoms. The lowest BCUT2D eigenvalue weighted by atomic mass is 10.0. The van der Waals surface area contributed by atoms with E-state index in [2.05, 4.69) is 19.7 Å². The van der Waals surface area contributed by atoms with Crippen molar-refractivity contribution in [2.75, 3.05) is 13.2 Å². The number of hydrogen-bond acceptors (Lipinski definition) is 5. The predicted molar refractivity (Wildman–Crippen MR) is 112 cm³/mol. The summed E-state index contributed by atoms with van der Waals surface area (Å²) in [5.41, 5.74) is 2.48. The molecule has 0 spiro atoms. The quantitative estimate of drug-likeness (QED) is 0.141. The third-order valence-corrected chi connectivity index (χ3v) is 4.01. The highest BCUT2D eigenvalue weighted by atomic mass is 19.1. The molecular formula is C24H23FO5. The molecule has 0 saturated carbocycles. The van der Waals surface area contributed by atoms with Crippen molar-refractivity contribution >= 4 is 11.9 Å². The first kappa shape index (κ1) is 22.6. The molecule has 0 saturated heterocycles. The van der Waals surface area contributed by atoms with Crippen molar-refractivity contribution in [1.29, 1.82) is 0 Å². The van der Waals surface area contributed by atoms with Crippen LogP contribution in [0.2, 0.25) is 0 Å². The summed E-state index contributed by atoms with van der Waals surface area (Å²) in [6, 6.07) is 10.7. The van der Waals surface area contributed by atoms with Gasteiger partial charge in [-0.05, 0) is 54.8 Å². The molecule has 0 amide bonds. The smallest absolute Gasteiger partial charge is 0.338 e. The molecule has 156 valence electrons. The Bertz CT molecular complexity index is 989. The number of carbonyl (C=O) groups excluding carboxylic acids is 2. The maximum atomic E-state index is 14.2. The van der Waals surface area contributed by atoms with Crippen LogP contribution in [0.15, 0.2) is 79.1 Å². The van der Waals surface area contributed by atoms with Crippen molar-refractivity contribution in [3.05, 3.63) is 90.5 Å². The standard InChI is InChI=1S/C24H23FO5/c1-15(2)17(5)28-12-13-29-24(27)19-8-6-18(7-9-19)20-10-11-22(21(25)14-20)30-23(26)16(3)4/h6-11,14H,1,3,5,12-13H2,2,4H3. The van der Waals surface area contributed by atoms with E-state index in [0.29, 0.717) is 28.0 Å². The van der Waals surface area contributed by atoms with Crippen LogP contribution in [0.4, 0.5) is 4.39 Å². The molecule has 0 aliphatic carbocycles. The zero-order valence-electron chi connectivity index (χ0n) is 17.0. The van der Waals surface area contributed by atoms with Crippen LogP contribution in [-0.4, -0.2) is 25.2 Å². The Kier molecular flexibility index (Phi) is 7.69. The molecule has 0 N–H and O–H groups in total. The first-order valence-electron chi connectivity index (χ1n) is 9.11. The van der Waals surface area contributed by atoms with E-state index in [1.54, 1.807) is 37.3 Å². The number of hydrogen-bond donors (Lipinski definition) is 0. The molecule has 2 aromatic carbocycles. The molecule has 2 rings (SSSR count). The van der Waals surface area contributed by atoms with Crippen LogP contribution in [-0.2, 0) is 14.3 Å². The molecule has 2 aromatic rings. The van der Waals surface area contributed by atoms with Gasteiger partial charge in [-0.3, -0.25) is 0 Å². The van der Waals surface area contributed by atoms with Gasteiger partial charge in [0.15, 0.2) is 11.6 Å². The molecule has 6 heteroatoms. The van der Waals surface area contributed by atoms with Crippen molar-refractivity contribution < 1.29 is 28.2 Å². The average molecular weight is 410 g/mol. The summed E-state index contributed by atoms with van der Waals surface area (Å²) >= 11 is 0. The molecule has 0 aromatic heterocycles. The molecule has 30 heavy (non-hydrogen) atoms. The van der Waals surface area contributed by atoms with Crippen molar-refractivity contribution in [3.8, 4) is 16.9 Å². The van der Waals surface area contributed by atoms with Crippen molar-refractivity contribution in [2.45, 2.75) is 13.8 Å². The number of halogens is 1. The SMILES string of the molecule is C=C(C)C(=C)OCCOC(=O)c1ccc(-c2ccc(OC(=O)C(=C)C)c(F)c2)cc1. The highest BCUT2D eigenvalue weighted by Gasteiger charge is 2.12. The average Bonchev–Trinajstić information content (AvgIpc) is 2.72. The lowest BCUT2D eigenvalue weighted by Crippen LogP contribution is -2.10.